The number of thiazole rings is 1. The van der Waals surface area contributed by atoms with Gasteiger partial charge in [0.25, 0.3) is 5.91 Å². The maximum atomic E-state index is 12.8. The lowest BCUT2D eigenvalue weighted by Gasteiger charge is -2.21. The predicted molar refractivity (Wildman–Crippen MR) is 144 cm³/mol. The Morgan fingerprint density at radius 3 is 2.49 bits per heavy atom. The third-order valence-corrected chi connectivity index (χ3v) is 7.81. The van der Waals surface area contributed by atoms with E-state index in [9.17, 15) is 9.90 Å². The zero-order chi connectivity index (χ0) is 25.7. The topological polar surface area (TPSA) is 87.4 Å². The SMILES string of the molecule is COc1ccc(C2=NN(c3nc(O)c(C4=c5cc(Cl)ccc5=NC4=O)s3)C(c3ccc(Cl)cc3)C2)cc1. The second-order valence-electron chi connectivity index (χ2n) is 8.49. The number of hydrazone groups is 1. The molecule has 0 aliphatic carbocycles. The van der Waals surface area contributed by atoms with Gasteiger partial charge in [0.1, 0.15) is 10.6 Å². The van der Waals surface area contributed by atoms with Gasteiger partial charge in [0.15, 0.2) is 0 Å². The van der Waals surface area contributed by atoms with Crippen molar-refractivity contribution in [3.8, 4) is 11.6 Å². The molecule has 7 nitrogen and oxygen atoms in total. The number of halogens is 2. The molecule has 1 N–H and O–H groups in total. The van der Waals surface area contributed by atoms with Crippen LogP contribution in [0.5, 0.6) is 11.6 Å². The quantitative estimate of drug-likeness (QED) is 0.384. The highest BCUT2D eigenvalue weighted by molar-refractivity contribution is 7.17. The first-order valence-electron chi connectivity index (χ1n) is 11.3. The predicted octanol–water partition coefficient (Wildman–Crippen LogP) is 4.88. The van der Waals surface area contributed by atoms with Gasteiger partial charge in [-0.3, -0.25) is 4.79 Å². The van der Waals surface area contributed by atoms with Crippen LogP contribution in [0.25, 0.3) is 5.57 Å². The maximum Gasteiger partial charge on any atom is 0.279 e. The van der Waals surface area contributed by atoms with Crippen LogP contribution in [-0.2, 0) is 4.79 Å². The van der Waals surface area contributed by atoms with Gasteiger partial charge in [-0.2, -0.15) is 10.1 Å². The molecular formula is C27H18Cl2N4O3S. The number of methoxy groups -OCH3 is 1. The summed E-state index contributed by atoms with van der Waals surface area (Å²) in [4.78, 5) is 21.6. The number of hydrogen-bond donors (Lipinski definition) is 1. The first-order valence-corrected chi connectivity index (χ1v) is 12.9. The highest BCUT2D eigenvalue weighted by Gasteiger charge is 2.34. The highest BCUT2D eigenvalue weighted by atomic mass is 35.5. The molecule has 6 rings (SSSR count). The number of anilines is 1. The minimum absolute atomic E-state index is 0.191. The first-order chi connectivity index (χ1) is 17.9. The number of hydrogen-bond acceptors (Lipinski definition) is 7. The minimum Gasteiger partial charge on any atom is -0.497 e. The fourth-order valence-corrected chi connectivity index (χ4v) is 5.77. The van der Waals surface area contributed by atoms with Gasteiger partial charge in [0.2, 0.25) is 11.0 Å². The van der Waals surface area contributed by atoms with Gasteiger partial charge in [-0.1, -0.05) is 46.7 Å². The van der Waals surface area contributed by atoms with Crippen molar-refractivity contribution in [1.82, 2.24) is 4.98 Å². The van der Waals surface area contributed by atoms with Gasteiger partial charge in [-0.25, -0.2) is 10.0 Å². The zero-order valence-corrected chi connectivity index (χ0v) is 21.7. The lowest BCUT2D eigenvalue weighted by molar-refractivity contribution is -0.112. The Balaban J connectivity index is 1.46. The van der Waals surface area contributed by atoms with E-state index in [-0.39, 0.29) is 17.5 Å². The van der Waals surface area contributed by atoms with Crippen LogP contribution < -0.4 is 20.3 Å². The summed E-state index contributed by atoms with van der Waals surface area (Å²) in [5, 5.41) is 20.2. The van der Waals surface area contributed by atoms with Crippen LogP contribution in [0.2, 0.25) is 10.0 Å². The average Bonchev–Trinajstić information content (AvgIpc) is 3.59. The summed E-state index contributed by atoms with van der Waals surface area (Å²) in [6, 6.07) is 20.1. The monoisotopic (exact) mass is 548 g/mol. The van der Waals surface area contributed by atoms with Crippen LogP contribution in [0.4, 0.5) is 5.13 Å². The normalized spacial score (nSPS) is 16.6. The van der Waals surface area contributed by atoms with E-state index in [1.54, 1.807) is 30.3 Å². The van der Waals surface area contributed by atoms with E-state index >= 15 is 0 Å². The van der Waals surface area contributed by atoms with Gasteiger partial charge in [0, 0.05) is 21.7 Å². The number of carbonyl (C=O) groups is 1. The summed E-state index contributed by atoms with van der Waals surface area (Å²) < 4.78 is 5.28. The van der Waals surface area contributed by atoms with Crippen molar-refractivity contribution in [2.24, 2.45) is 10.1 Å². The highest BCUT2D eigenvalue weighted by Crippen LogP contribution is 2.43. The molecule has 2 aliphatic rings. The molecular weight excluding hydrogens is 531 g/mol. The molecule has 2 aliphatic heterocycles. The van der Waals surface area contributed by atoms with Crippen molar-refractivity contribution in [3.63, 3.8) is 0 Å². The maximum absolute atomic E-state index is 12.8. The summed E-state index contributed by atoms with van der Waals surface area (Å²) in [5.41, 5.74) is 3.08. The molecule has 0 fully saturated rings. The van der Waals surface area contributed by atoms with Crippen molar-refractivity contribution in [1.29, 1.82) is 0 Å². The Bertz CT molecular complexity index is 1700. The summed E-state index contributed by atoms with van der Waals surface area (Å²) >= 11 is 13.5. The molecule has 37 heavy (non-hydrogen) atoms. The van der Waals surface area contributed by atoms with Crippen LogP contribution in [0, 0.1) is 0 Å². The number of carbonyl (C=O) groups excluding carboxylic acids is 1. The first kappa shape index (κ1) is 23.7. The molecule has 10 heteroatoms. The lowest BCUT2D eigenvalue weighted by atomic mass is 9.98. The van der Waals surface area contributed by atoms with Crippen molar-refractivity contribution in [3.05, 3.63) is 103 Å². The number of aromatic nitrogens is 1. The summed E-state index contributed by atoms with van der Waals surface area (Å²) in [6.07, 6.45) is 0.604. The number of amides is 1. The molecule has 4 aromatic rings. The standard InChI is InChI=1S/C27H18Cl2N4O3S/c1-36-18-9-4-14(5-10-18)21-13-22(15-2-6-16(28)7-3-15)33(32-21)27-31-26(35)24(37-27)23-19-12-17(29)8-11-20(19)30-25(23)34/h2-12,22,35H,13H2,1H3. The third kappa shape index (κ3) is 4.27. The Morgan fingerprint density at radius 2 is 1.76 bits per heavy atom. The van der Waals surface area contributed by atoms with Gasteiger partial charge in [0.05, 0.1) is 29.8 Å². The third-order valence-electron chi connectivity index (χ3n) is 6.27. The molecule has 3 heterocycles. The molecule has 0 radical (unpaired) electrons. The fourth-order valence-electron chi connectivity index (χ4n) is 4.46. The molecule has 1 unspecified atom stereocenters. The molecule has 1 atom stereocenters. The van der Waals surface area contributed by atoms with Gasteiger partial charge < -0.3 is 9.84 Å². The van der Waals surface area contributed by atoms with Crippen LogP contribution in [-0.4, -0.2) is 28.8 Å². The average molecular weight is 549 g/mol. The van der Waals surface area contributed by atoms with E-state index in [4.69, 9.17) is 33.0 Å². The Morgan fingerprint density at radius 1 is 1.03 bits per heavy atom. The Kier molecular flexibility index (Phi) is 5.95. The van der Waals surface area contributed by atoms with Crippen molar-refractivity contribution >= 4 is 56.9 Å². The van der Waals surface area contributed by atoms with E-state index in [0.29, 0.717) is 37.1 Å². The summed E-state index contributed by atoms with van der Waals surface area (Å²) in [5.74, 6) is 0.0576. The number of ether oxygens (including phenoxy) is 1. The van der Waals surface area contributed by atoms with E-state index in [2.05, 4.69) is 9.98 Å². The number of aromatic hydroxyl groups is 1. The van der Waals surface area contributed by atoms with Crippen molar-refractivity contribution in [2.75, 3.05) is 12.1 Å². The Hall–Kier alpha value is -3.72. The van der Waals surface area contributed by atoms with Crippen LogP contribution in [0.15, 0.2) is 76.8 Å². The van der Waals surface area contributed by atoms with Crippen molar-refractivity contribution in [2.45, 2.75) is 12.5 Å². The molecule has 1 amide bonds. The smallest absolute Gasteiger partial charge is 0.279 e. The number of rotatable bonds is 5. The molecule has 3 aromatic carbocycles. The van der Waals surface area contributed by atoms with Gasteiger partial charge in [-0.05, 0) is 65.7 Å². The van der Waals surface area contributed by atoms with Gasteiger partial charge in [-0.15, -0.1) is 0 Å². The summed E-state index contributed by atoms with van der Waals surface area (Å²) in [7, 11) is 1.62. The lowest BCUT2D eigenvalue weighted by Crippen LogP contribution is -2.22. The molecule has 0 bridgehead atoms. The van der Waals surface area contributed by atoms with Gasteiger partial charge >= 0.3 is 0 Å². The number of nitrogens with zero attached hydrogens (tertiary/aromatic N) is 4. The molecule has 184 valence electrons. The number of fused-ring (bicyclic) bond motifs is 1. The van der Waals surface area contributed by atoms with E-state index < -0.39 is 5.91 Å². The van der Waals surface area contributed by atoms with Crippen LogP contribution >= 0.6 is 34.5 Å². The molecule has 0 saturated carbocycles. The molecule has 1 aromatic heterocycles. The molecule has 0 saturated heterocycles. The van der Waals surface area contributed by atoms with E-state index in [0.717, 1.165) is 22.6 Å². The second kappa shape index (κ2) is 9.30. The summed E-state index contributed by atoms with van der Waals surface area (Å²) in [6.45, 7) is 0. The zero-order valence-electron chi connectivity index (χ0n) is 19.4. The largest absolute Gasteiger partial charge is 0.497 e. The minimum atomic E-state index is -0.444. The van der Waals surface area contributed by atoms with Crippen LogP contribution in [0.1, 0.15) is 28.5 Å². The molecule has 0 spiro atoms. The fraction of sp³-hybridized carbons (Fsp3) is 0.111. The van der Waals surface area contributed by atoms with Crippen molar-refractivity contribution < 1.29 is 14.6 Å². The Labute approximate surface area is 225 Å². The number of benzene rings is 3. The van der Waals surface area contributed by atoms with E-state index in [1.165, 1.54) is 11.3 Å². The van der Waals surface area contributed by atoms with Crippen LogP contribution in [0.3, 0.4) is 0 Å². The van der Waals surface area contributed by atoms with E-state index in [1.807, 2.05) is 48.5 Å². The second-order valence-corrected chi connectivity index (χ2v) is 10.3.